The molecule has 0 atom stereocenters. The van der Waals surface area contributed by atoms with Gasteiger partial charge in [-0.25, -0.2) is 0 Å². The van der Waals surface area contributed by atoms with Gasteiger partial charge in [-0.05, 0) is 25.0 Å². The smallest absolute Gasteiger partial charge is 0.271 e. The lowest BCUT2D eigenvalue weighted by atomic mass is 10.0. The summed E-state index contributed by atoms with van der Waals surface area (Å²) in [6.45, 7) is 2.26. The van der Waals surface area contributed by atoms with Gasteiger partial charge in [-0.1, -0.05) is 127 Å². The molecule has 1 N–H and O–H groups in total. The average Bonchev–Trinajstić information content (AvgIpc) is 2.92. The van der Waals surface area contributed by atoms with Gasteiger partial charge in [0, 0.05) is 16.7 Å². The molecule has 9 heteroatoms. The van der Waals surface area contributed by atoms with Crippen molar-refractivity contribution in [1.29, 1.82) is 0 Å². The summed E-state index contributed by atoms with van der Waals surface area (Å²) in [5.41, 5.74) is 3.55. The Kier molecular flexibility index (Phi) is 15.8. The van der Waals surface area contributed by atoms with E-state index in [2.05, 4.69) is 17.5 Å². The zero-order chi connectivity index (χ0) is 28.3. The highest BCUT2D eigenvalue weighted by Crippen LogP contribution is 2.29. The topological polar surface area (TPSA) is 111 Å². The molecule has 8 nitrogen and oxygen atoms in total. The molecule has 0 radical (unpaired) electrons. The summed E-state index contributed by atoms with van der Waals surface area (Å²) in [4.78, 5) is 21.2. The third-order valence-corrected chi connectivity index (χ3v) is 7.23. The molecule has 0 saturated heterocycles. The molecular formula is C30H43ClN4O4. The van der Waals surface area contributed by atoms with Crippen molar-refractivity contribution in [2.45, 2.75) is 110 Å². The van der Waals surface area contributed by atoms with Crippen LogP contribution in [0.4, 0.5) is 17.1 Å². The number of nitro groups is 2. The maximum Gasteiger partial charge on any atom is 0.301 e. The SMILES string of the molecule is CCCCCCCCCCCCCCCCC/C(=N\Nc1ccc([N+](=O)[O-])cc1[N+](=O)[O-])c1ccccc1Cl. The largest absolute Gasteiger partial charge is 0.301 e. The Balaban J connectivity index is 1.79. The minimum absolute atomic E-state index is 0.0895. The minimum Gasteiger partial charge on any atom is -0.271 e. The van der Waals surface area contributed by atoms with E-state index in [-0.39, 0.29) is 11.4 Å². The van der Waals surface area contributed by atoms with Crippen LogP contribution in [0.25, 0.3) is 0 Å². The van der Waals surface area contributed by atoms with E-state index in [4.69, 9.17) is 11.6 Å². The lowest BCUT2D eigenvalue weighted by Gasteiger charge is -2.10. The molecule has 0 aromatic heterocycles. The molecule has 0 spiro atoms. The number of unbranched alkanes of at least 4 members (excludes halogenated alkanes) is 14. The van der Waals surface area contributed by atoms with Crippen molar-refractivity contribution in [3.63, 3.8) is 0 Å². The molecular weight excluding hydrogens is 516 g/mol. The van der Waals surface area contributed by atoms with Gasteiger partial charge in [0.25, 0.3) is 5.69 Å². The number of anilines is 1. The Bertz CT molecular complexity index is 1060. The summed E-state index contributed by atoms with van der Waals surface area (Å²) >= 11 is 6.42. The van der Waals surface area contributed by atoms with Gasteiger partial charge >= 0.3 is 5.69 Å². The summed E-state index contributed by atoms with van der Waals surface area (Å²) < 4.78 is 0. The van der Waals surface area contributed by atoms with Crippen LogP contribution in [0.2, 0.25) is 5.02 Å². The van der Waals surface area contributed by atoms with E-state index in [1.165, 1.54) is 89.2 Å². The quantitative estimate of drug-likeness (QED) is 0.0708. The number of nitro benzene ring substituents is 2. The molecule has 214 valence electrons. The lowest BCUT2D eigenvalue weighted by molar-refractivity contribution is -0.393. The molecule has 0 bridgehead atoms. The van der Waals surface area contributed by atoms with Gasteiger partial charge in [-0.2, -0.15) is 5.10 Å². The fraction of sp³-hybridized carbons (Fsp3) is 0.567. The Hall–Kier alpha value is -3.00. The molecule has 39 heavy (non-hydrogen) atoms. The molecule has 0 aliphatic heterocycles. The number of hydrazone groups is 1. The minimum atomic E-state index is -0.661. The number of rotatable bonds is 21. The Morgan fingerprint density at radius 2 is 1.31 bits per heavy atom. The highest BCUT2D eigenvalue weighted by atomic mass is 35.5. The van der Waals surface area contributed by atoms with Crippen molar-refractivity contribution in [2.24, 2.45) is 5.10 Å². The summed E-state index contributed by atoms with van der Waals surface area (Å²) in [5, 5.41) is 27.5. The van der Waals surface area contributed by atoms with Crippen LogP contribution in [0.1, 0.15) is 115 Å². The summed E-state index contributed by atoms with van der Waals surface area (Å²) in [6.07, 6.45) is 19.9. The lowest BCUT2D eigenvalue weighted by Crippen LogP contribution is -2.07. The number of benzene rings is 2. The number of non-ortho nitro benzene ring substituents is 1. The van der Waals surface area contributed by atoms with Crippen LogP contribution in [0.5, 0.6) is 0 Å². The van der Waals surface area contributed by atoms with Crippen LogP contribution < -0.4 is 5.43 Å². The van der Waals surface area contributed by atoms with Gasteiger partial charge in [0.05, 0.1) is 21.6 Å². The molecule has 0 aliphatic rings. The zero-order valence-electron chi connectivity index (χ0n) is 23.2. The van der Waals surface area contributed by atoms with E-state index >= 15 is 0 Å². The van der Waals surface area contributed by atoms with Crippen LogP contribution in [-0.4, -0.2) is 15.6 Å². The highest BCUT2D eigenvalue weighted by molar-refractivity contribution is 6.34. The summed E-state index contributed by atoms with van der Waals surface area (Å²) in [5.74, 6) is 0. The van der Waals surface area contributed by atoms with E-state index in [1.54, 1.807) is 6.07 Å². The third-order valence-electron chi connectivity index (χ3n) is 6.90. The molecule has 2 aromatic rings. The number of hydrogen-bond acceptors (Lipinski definition) is 6. The van der Waals surface area contributed by atoms with Crippen molar-refractivity contribution in [2.75, 3.05) is 5.43 Å². The molecule has 0 saturated carbocycles. The average molecular weight is 559 g/mol. The second-order valence-corrected chi connectivity index (χ2v) is 10.5. The zero-order valence-corrected chi connectivity index (χ0v) is 24.0. The summed E-state index contributed by atoms with van der Waals surface area (Å²) in [7, 11) is 0. The Morgan fingerprint density at radius 1 is 0.769 bits per heavy atom. The van der Waals surface area contributed by atoms with Crippen molar-refractivity contribution in [1.82, 2.24) is 0 Å². The van der Waals surface area contributed by atoms with Crippen LogP contribution >= 0.6 is 11.6 Å². The molecule has 0 aliphatic carbocycles. The molecule has 0 fully saturated rings. The van der Waals surface area contributed by atoms with Gasteiger partial charge < -0.3 is 0 Å². The third kappa shape index (κ3) is 12.6. The van der Waals surface area contributed by atoms with E-state index in [1.807, 2.05) is 18.2 Å². The van der Waals surface area contributed by atoms with Crippen LogP contribution in [-0.2, 0) is 0 Å². The van der Waals surface area contributed by atoms with Crippen LogP contribution in [0, 0.1) is 20.2 Å². The van der Waals surface area contributed by atoms with Gasteiger partial charge in [0.1, 0.15) is 5.69 Å². The second kappa shape index (κ2) is 19.1. The highest BCUT2D eigenvalue weighted by Gasteiger charge is 2.19. The Labute approximate surface area is 237 Å². The first-order valence-corrected chi connectivity index (χ1v) is 14.8. The monoisotopic (exact) mass is 558 g/mol. The molecule has 0 unspecified atom stereocenters. The molecule has 0 heterocycles. The molecule has 0 amide bonds. The second-order valence-electron chi connectivity index (χ2n) is 10.1. The van der Waals surface area contributed by atoms with Crippen molar-refractivity contribution in [3.8, 4) is 0 Å². The summed E-state index contributed by atoms with van der Waals surface area (Å²) in [6, 6.07) is 10.8. The maximum atomic E-state index is 11.5. The number of halogens is 1. The van der Waals surface area contributed by atoms with Crippen LogP contribution in [0.3, 0.4) is 0 Å². The standard InChI is InChI=1S/C30H43ClN4O4/c1-2-3-4-5-6-7-8-9-10-11-12-13-14-15-16-21-28(26-19-17-18-20-27(26)31)32-33-29-23-22-25(34(36)37)24-30(29)35(38)39/h17-20,22-24,33H,2-16,21H2,1H3/b32-28+. The predicted octanol–water partition coefficient (Wildman–Crippen LogP) is 10.2. The Morgan fingerprint density at radius 3 is 1.82 bits per heavy atom. The molecule has 2 rings (SSSR count). The first-order valence-electron chi connectivity index (χ1n) is 14.4. The number of nitrogens with one attached hydrogen (secondary N) is 1. The van der Waals surface area contributed by atoms with E-state index in [9.17, 15) is 20.2 Å². The fourth-order valence-electron chi connectivity index (χ4n) is 4.62. The number of hydrogen-bond donors (Lipinski definition) is 1. The maximum absolute atomic E-state index is 11.5. The first kappa shape index (κ1) is 32.2. The van der Waals surface area contributed by atoms with Gasteiger partial charge in [-0.3, -0.25) is 25.7 Å². The van der Waals surface area contributed by atoms with Gasteiger partial charge in [-0.15, -0.1) is 0 Å². The molecule has 2 aromatic carbocycles. The normalized spacial score (nSPS) is 11.5. The number of nitrogens with zero attached hydrogens (tertiary/aromatic N) is 3. The van der Waals surface area contributed by atoms with Crippen molar-refractivity contribution >= 4 is 34.4 Å². The van der Waals surface area contributed by atoms with E-state index in [0.29, 0.717) is 17.2 Å². The van der Waals surface area contributed by atoms with Crippen molar-refractivity contribution < 1.29 is 9.85 Å². The van der Waals surface area contributed by atoms with Gasteiger partial charge in [0.2, 0.25) is 0 Å². The van der Waals surface area contributed by atoms with E-state index < -0.39 is 15.5 Å². The van der Waals surface area contributed by atoms with Gasteiger partial charge in [0.15, 0.2) is 0 Å². The van der Waals surface area contributed by atoms with E-state index in [0.717, 1.165) is 30.9 Å². The first-order chi connectivity index (χ1) is 18.9. The fourth-order valence-corrected chi connectivity index (χ4v) is 4.86. The van der Waals surface area contributed by atoms with Crippen molar-refractivity contribution in [3.05, 3.63) is 73.3 Å². The predicted molar refractivity (Wildman–Crippen MR) is 161 cm³/mol. The van der Waals surface area contributed by atoms with Crippen LogP contribution in [0.15, 0.2) is 47.6 Å².